The van der Waals surface area contributed by atoms with Gasteiger partial charge in [0, 0.05) is 16.6 Å². The second-order valence-electron chi connectivity index (χ2n) is 6.61. The van der Waals surface area contributed by atoms with Gasteiger partial charge in [0.05, 0.1) is 0 Å². The van der Waals surface area contributed by atoms with Gasteiger partial charge in [-0.25, -0.2) is 0 Å². The van der Waals surface area contributed by atoms with Crippen molar-refractivity contribution in [1.82, 2.24) is 20.1 Å². The predicted molar refractivity (Wildman–Crippen MR) is 110 cm³/mol. The summed E-state index contributed by atoms with van der Waals surface area (Å²) in [5.41, 5.74) is 3.12. The number of hydrogen-bond acceptors (Lipinski definition) is 3. The SMILES string of the molecule is Cc1cccc(-c2n[nH]c(=S)n2CC(=O)N[C@H](C)Cc2cccc(Cl)c2)c1. The lowest BCUT2D eigenvalue weighted by atomic mass is 10.1. The molecule has 0 radical (unpaired) electrons. The van der Waals surface area contributed by atoms with E-state index in [9.17, 15) is 4.79 Å². The fourth-order valence-corrected chi connectivity index (χ4v) is 3.41. The average Bonchev–Trinajstić information content (AvgIpc) is 2.95. The molecule has 1 aromatic heterocycles. The first-order valence-corrected chi connectivity index (χ1v) is 9.47. The summed E-state index contributed by atoms with van der Waals surface area (Å²) in [7, 11) is 0. The Morgan fingerprint density at radius 1 is 1.30 bits per heavy atom. The van der Waals surface area contributed by atoms with Crippen molar-refractivity contribution in [2.24, 2.45) is 0 Å². The van der Waals surface area contributed by atoms with Crippen molar-refractivity contribution in [1.29, 1.82) is 0 Å². The Morgan fingerprint density at radius 3 is 2.81 bits per heavy atom. The Hall–Kier alpha value is -2.44. The molecule has 140 valence electrons. The Bertz CT molecular complexity index is 1010. The lowest BCUT2D eigenvalue weighted by Crippen LogP contribution is -2.36. The molecule has 7 heteroatoms. The molecule has 1 atom stereocenters. The van der Waals surface area contributed by atoms with E-state index in [2.05, 4.69) is 15.5 Å². The van der Waals surface area contributed by atoms with Crippen LogP contribution in [0.1, 0.15) is 18.1 Å². The molecule has 0 fully saturated rings. The molecule has 0 bridgehead atoms. The number of carbonyl (C=O) groups is 1. The van der Waals surface area contributed by atoms with Crippen LogP contribution in [0.4, 0.5) is 0 Å². The summed E-state index contributed by atoms with van der Waals surface area (Å²) in [6, 6.07) is 15.6. The Kier molecular flexibility index (Phi) is 6.08. The van der Waals surface area contributed by atoms with Crippen LogP contribution in [0.2, 0.25) is 5.02 Å². The Labute approximate surface area is 168 Å². The summed E-state index contributed by atoms with van der Waals surface area (Å²) in [5, 5.41) is 10.8. The van der Waals surface area contributed by atoms with E-state index in [1.54, 1.807) is 4.57 Å². The molecular formula is C20H21ClN4OS. The summed E-state index contributed by atoms with van der Waals surface area (Å²) < 4.78 is 2.13. The minimum Gasteiger partial charge on any atom is -0.352 e. The Balaban J connectivity index is 1.69. The lowest BCUT2D eigenvalue weighted by molar-refractivity contribution is -0.122. The van der Waals surface area contributed by atoms with Gasteiger partial charge in [0.15, 0.2) is 10.6 Å². The van der Waals surface area contributed by atoms with Crippen molar-refractivity contribution in [3.8, 4) is 11.4 Å². The number of benzene rings is 2. The van der Waals surface area contributed by atoms with Crippen LogP contribution >= 0.6 is 23.8 Å². The smallest absolute Gasteiger partial charge is 0.240 e. The van der Waals surface area contributed by atoms with Gasteiger partial charge in [-0.2, -0.15) is 5.10 Å². The number of aryl methyl sites for hydroxylation is 1. The van der Waals surface area contributed by atoms with E-state index in [0.717, 1.165) is 16.7 Å². The molecule has 27 heavy (non-hydrogen) atoms. The van der Waals surface area contributed by atoms with Crippen molar-refractivity contribution in [3.63, 3.8) is 0 Å². The summed E-state index contributed by atoms with van der Waals surface area (Å²) in [6.07, 6.45) is 0.702. The summed E-state index contributed by atoms with van der Waals surface area (Å²) >= 11 is 11.3. The molecule has 0 aliphatic heterocycles. The number of hydrogen-bond donors (Lipinski definition) is 2. The molecule has 0 aliphatic rings. The van der Waals surface area contributed by atoms with Crippen LogP contribution in [0.3, 0.4) is 0 Å². The maximum atomic E-state index is 12.5. The number of carbonyl (C=O) groups excluding carboxylic acids is 1. The number of amides is 1. The molecule has 2 N–H and O–H groups in total. The molecule has 0 spiro atoms. The first-order chi connectivity index (χ1) is 12.9. The molecule has 1 amide bonds. The minimum atomic E-state index is -0.115. The first kappa shape index (κ1) is 19.3. The molecular weight excluding hydrogens is 380 g/mol. The van der Waals surface area contributed by atoms with Gasteiger partial charge in [0.1, 0.15) is 6.54 Å². The van der Waals surface area contributed by atoms with Crippen molar-refractivity contribution >= 4 is 29.7 Å². The molecule has 2 aromatic carbocycles. The number of aromatic nitrogens is 3. The second-order valence-corrected chi connectivity index (χ2v) is 7.43. The zero-order valence-electron chi connectivity index (χ0n) is 15.2. The van der Waals surface area contributed by atoms with E-state index in [0.29, 0.717) is 22.0 Å². The van der Waals surface area contributed by atoms with Crippen molar-refractivity contribution in [2.45, 2.75) is 32.9 Å². The van der Waals surface area contributed by atoms with Crippen LogP contribution < -0.4 is 5.32 Å². The first-order valence-electron chi connectivity index (χ1n) is 8.68. The van der Waals surface area contributed by atoms with Gasteiger partial charge in [0.25, 0.3) is 0 Å². The van der Waals surface area contributed by atoms with Gasteiger partial charge in [0.2, 0.25) is 5.91 Å². The molecule has 0 saturated heterocycles. The van der Waals surface area contributed by atoms with Crippen LogP contribution in [0.15, 0.2) is 48.5 Å². The number of rotatable bonds is 6. The summed E-state index contributed by atoms with van der Waals surface area (Å²) in [4.78, 5) is 12.5. The van der Waals surface area contributed by atoms with Crippen LogP contribution in [0.5, 0.6) is 0 Å². The number of nitrogens with one attached hydrogen (secondary N) is 2. The van der Waals surface area contributed by atoms with Gasteiger partial charge in [-0.15, -0.1) is 0 Å². The molecule has 3 aromatic rings. The maximum Gasteiger partial charge on any atom is 0.240 e. The molecule has 5 nitrogen and oxygen atoms in total. The van der Waals surface area contributed by atoms with Crippen LogP contribution in [0, 0.1) is 11.7 Å². The van der Waals surface area contributed by atoms with E-state index in [1.807, 2.05) is 62.4 Å². The third-order valence-electron chi connectivity index (χ3n) is 4.17. The predicted octanol–water partition coefficient (Wildman–Crippen LogP) is 4.32. The highest BCUT2D eigenvalue weighted by Gasteiger charge is 2.14. The van der Waals surface area contributed by atoms with Gasteiger partial charge in [-0.1, -0.05) is 47.5 Å². The molecule has 0 unspecified atom stereocenters. The normalized spacial score (nSPS) is 12.0. The fraction of sp³-hybridized carbons (Fsp3) is 0.250. The van der Waals surface area contributed by atoms with E-state index in [4.69, 9.17) is 23.8 Å². The zero-order chi connectivity index (χ0) is 19.4. The number of nitrogens with zero attached hydrogens (tertiary/aromatic N) is 2. The second kappa shape index (κ2) is 8.50. The standard InChI is InChI=1S/C20H21ClN4OS/c1-13-5-3-7-16(9-13)19-23-24-20(27)25(19)12-18(26)22-14(2)10-15-6-4-8-17(21)11-15/h3-9,11,14H,10,12H2,1-2H3,(H,22,26)(H,24,27)/t14-/m1/s1. The van der Waals surface area contributed by atoms with Crippen LogP contribution in [-0.2, 0) is 17.8 Å². The fourth-order valence-electron chi connectivity index (χ4n) is 3.00. The topological polar surface area (TPSA) is 62.7 Å². The average molecular weight is 401 g/mol. The van der Waals surface area contributed by atoms with Gasteiger partial charge >= 0.3 is 0 Å². The maximum absolute atomic E-state index is 12.5. The Morgan fingerprint density at radius 2 is 2.07 bits per heavy atom. The van der Waals surface area contributed by atoms with E-state index in [1.165, 1.54) is 0 Å². The number of H-pyrrole nitrogens is 1. The molecule has 0 saturated carbocycles. The van der Waals surface area contributed by atoms with Crippen LogP contribution in [0.25, 0.3) is 11.4 Å². The number of aromatic amines is 1. The largest absolute Gasteiger partial charge is 0.352 e. The lowest BCUT2D eigenvalue weighted by Gasteiger charge is -2.15. The highest BCUT2D eigenvalue weighted by molar-refractivity contribution is 7.71. The molecule has 0 aliphatic carbocycles. The molecule has 1 heterocycles. The third kappa shape index (κ3) is 5.05. The quantitative estimate of drug-likeness (QED) is 0.606. The van der Waals surface area contributed by atoms with E-state index < -0.39 is 0 Å². The van der Waals surface area contributed by atoms with E-state index >= 15 is 0 Å². The highest BCUT2D eigenvalue weighted by Crippen LogP contribution is 2.18. The van der Waals surface area contributed by atoms with Crippen LogP contribution in [-0.4, -0.2) is 26.7 Å². The van der Waals surface area contributed by atoms with Gasteiger partial charge < -0.3 is 5.32 Å². The highest BCUT2D eigenvalue weighted by atomic mass is 35.5. The van der Waals surface area contributed by atoms with E-state index in [-0.39, 0.29) is 18.5 Å². The van der Waals surface area contributed by atoms with Crippen molar-refractivity contribution in [3.05, 3.63) is 69.5 Å². The zero-order valence-corrected chi connectivity index (χ0v) is 16.8. The number of halogens is 1. The van der Waals surface area contributed by atoms with Crippen molar-refractivity contribution in [2.75, 3.05) is 0 Å². The van der Waals surface area contributed by atoms with Gasteiger partial charge in [-0.3, -0.25) is 14.5 Å². The minimum absolute atomic E-state index is 0.0283. The monoisotopic (exact) mass is 400 g/mol. The van der Waals surface area contributed by atoms with Gasteiger partial charge in [-0.05, 0) is 56.2 Å². The summed E-state index contributed by atoms with van der Waals surface area (Å²) in [6.45, 7) is 4.09. The summed E-state index contributed by atoms with van der Waals surface area (Å²) in [5.74, 6) is 0.539. The van der Waals surface area contributed by atoms with Crippen molar-refractivity contribution < 1.29 is 4.79 Å². The third-order valence-corrected chi connectivity index (χ3v) is 4.72. The molecule has 3 rings (SSSR count).